The summed E-state index contributed by atoms with van der Waals surface area (Å²) in [7, 11) is 1.41. The van der Waals surface area contributed by atoms with Crippen molar-refractivity contribution in [2.24, 2.45) is 10.7 Å². The second-order valence-corrected chi connectivity index (χ2v) is 4.29. The molecule has 0 aliphatic heterocycles. The molecular weight excluding hydrogens is 246 g/mol. The van der Waals surface area contributed by atoms with Gasteiger partial charge in [-0.2, -0.15) is 0 Å². The van der Waals surface area contributed by atoms with Crippen LogP contribution >= 0.6 is 11.8 Å². The number of hydrogen-bond acceptors (Lipinski definition) is 6. The fraction of sp³-hybridized carbons (Fsp3) is 0.778. The predicted octanol–water partition coefficient (Wildman–Crippen LogP) is -0.937. The monoisotopic (exact) mass is 265 g/mol. The van der Waals surface area contributed by atoms with Gasteiger partial charge in [0.15, 0.2) is 0 Å². The van der Waals surface area contributed by atoms with Gasteiger partial charge < -0.3 is 20.7 Å². The van der Waals surface area contributed by atoms with Crippen LogP contribution in [0.25, 0.3) is 0 Å². The highest BCUT2D eigenvalue weighted by atomic mass is 32.2. The zero-order valence-electron chi connectivity index (χ0n) is 9.97. The molecule has 0 heterocycles. The molecule has 0 aromatic rings. The number of carboxylic acid groups (broad SMARTS) is 1. The number of aliphatic imine (C=N–C) groups is 1. The van der Waals surface area contributed by atoms with Crippen LogP contribution in [0.15, 0.2) is 4.99 Å². The summed E-state index contributed by atoms with van der Waals surface area (Å²) in [5.74, 6) is 0.0718. The van der Waals surface area contributed by atoms with E-state index in [4.69, 9.17) is 20.7 Å². The van der Waals surface area contributed by atoms with Crippen LogP contribution in [0.5, 0.6) is 0 Å². The van der Waals surface area contributed by atoms with Crippen molar-refractivity contribution in [1.29, 1.82) is 0 Å². The van der Waals surface area contributed by atoms with Crippen molar-refractivity contribution in [2.75, 3.05) is 31.9 Å². The second kappa shape index (κ2) is 8.29. The van der Waals surface area contributed by atoms with Gasteiger partial charge in [-0.25, -0.2) is 4.79 Å². The molecule has 0 amide bonds. The number of likely N-dealkylation sites (N-methyl/N-ethyl adjacent to an activating group) is 1. The number of carboxylic acids is 1. The number of hydrogen-bond donors (Lipinski definition) is 4. The van der Waals surface area contributed by atoms with Gasteiger partial charge in [0, 0.05) is 5.75 Å². The molecule has 0 spiro atoms. The van der Waals surface area contributed by atoms with Gasteiger partial charge in [0.05, 0.1) is 24.9 Å². The quantitative estimate of drug-likeness (QED) is 0.184. The van der Waals surface area contributed by atoms with E-state index in [1.54, 1.807) is 6.92 Å². The third kappa shape index (κ3) is 5.87. The van der Waals surface area contributed by atoms with E-state index in [1.807, 2.05) is 0 Å². The average molecular weight is 265 g/mol. The van der Waals surface area contributed by atoms with E-state index < -0.39 is 18.3 Å². The van der Waals surface area contributed by atoms with Crippen LogP contribution in [0, 0.1) is 0 Å². The molecule has 100 valence electrons. The number of nitrogens with two attached hydrogens (primary N) is 1. The normalized spacial score (nSPS) is 15.6. The van der Waals surface area contributed by atoms with Gasteiger partial charge >= 0.3 is 5.97 Å². The Morgan fingerprint density at radius 3 is 2.71 bits per heavy atom. The fourth-order valence-electron chi connectivity index (χ4n) is 0.921. The summed E-state index contributed by atoms with van der Waals surface area (Å²) in [5, 5.41) is 20.4. The lowest BCUT2D eigenvalue weighted by molar-refractivity contribution is -0.173. The number of thioether (sulfide) groups is 1. The maximum absolute atomic E-state index is 10.9. The SMILES string of the molecule is CN[C@@](CO)(OCSCCN=C(C)N)C(=O)O. The first kappa shape index (κ1) is 16.2. The van der Waals surface area contributed by atoms with Crippen LogP contribution in [-0.4, -0.2) is 59.6 Å². The van der Waals surface area contributed by atoms with Crippen molar-refractivity contribution in [3.63, 3.8) is 0 Å². The lowest BCUT2D eigenvalue weighted by atomic mass is 10.2. The Kier molecular flexibility index (Phi) is 7.88. The number of aliphatic hydroxyl groups excluding tert-OH is 1. The van der Waals surface area contributed by atoms with Crippen LogP contribution in [-0.2, 0) is 9.53 Å². The van der Waals surface area contributed by atoms with E-state index in [9.17, 15) is 4.79 Å². The number of amidine groups is 1. The van der Waals surface area contributed by atoms with Crippen LogP contribution in [0.1, 0.15) is 6.92 Å². The minimum Gasteiger partial charge on any atom is -0.478 e. The Hall–Kier alpha value is -0.830. The smallest absolute Gasteiger partial charge is 0.353 e. The van der Waals surface area contributed by atoms with Gasteiger partial charge in [0.25, 0.3) is 0 Å². The minimum atomic E-state index is -1.74. The molecule has 0 fully saturated rings. The number of rotatable bonds is 9. The molecule has 0 radical (unpaired) electrons. The molecule has 5 N–H and O–H groups in total. The van der Waals surface area contributed by atoms with Gasteiger partial charge in [-0.15, -0.1) is 11.8 Å². The number of carbonyl (C=O) groups is 1. The highest BCUT2D eigenvalue weighted by molar-refractivity contribution is 7.99. The van der Waals surface area contributed by atoms with Crippen LogP contribution in [0.3, 0.4) is 0 Å². The van der Waals surface area contributed by atoms with Gasteiger partial charge in [-0.3, -0.25) is 10.3 Å². The van der Waals surface area contributed by atoms with Crippen molar-refractivity contribution in [3.8, 4) is 0 Å². The Morgan fingerprint density at radius 1 is 1.65 bits per heavy atom. The molecule has 0 bridgehead atoms. The Labute approximate surface area is 104 Å². The van der Waals surface area contributed by atoms with E-state index in [0.717, 1.165) is 0 Å². The molecule has 0 rings (SSSR count). The molecule has 17 heavy (non-hydrogen) atoms. The maximum atomic E-state index is 10.9. The predicted molar refractivity (Wildman–Crippen MR) is 67.1 cm³/mol. The lowest BCUT2D eigenvalue weighted by Gasteiger charge is -2.26. The van der Waals surface area contributed by atoms with E-state index in [1.165, 1.54) is 18.8 Å². The summed E-state index contributed by atoms with van der Waals surface area (Å²) in [5.41, 5.74) is 3.61. The maximum Gasteiger partial charge on any atom is 0.353 e. The molecule has 0 saturated carbocycles. The standard InChI is InChI=1S/C9H19N3O4S/c1-7(10)12-3-4-17-6-16-9(5-13,11-2)8(14)15/h11,13H,3-6H2,1-2H3,(H2,10,12)(H,14,15)/t9-/m0/s1. The number of aliphatic hydroxyl groups is 1. The number of nitrogens with zero attached hydrogens (tertiary/aromatic N) is 1. The minimum absolute atomic E-state index is 0.146. The Morgan fingerprint density at radius 2 is 2.29 bits per heavy atom. The molecule has 0 aromatic carbocycles. The van der Waals surface area contributed by atoms with E-state index >= 15 is 0 Å². The van der Waals surface area contributed by atoms with Crippen molar-refractivity contribution >= 4 is 23.6 Å². The van der Waals surface area contributed by atoms with Crippen molar-refractivity contribution in [1.82, 2.24) is 5.32 Å². The van der Waals surface area contributed by atoms with Crippen molar-refractivity contribution in [3.05, 3.63) is 0 Å². The molecule has 0 aromatic heterocycles. The summed E-state index contributed by atoms with van der Waals surface area (Å²) in [6, 6.07) is 0. The number of nitrogens with one attached hydrogen (secondary N) is 1. The zero-order valence-corrected chi connectivity index (χ0v) is 10.8. The van der Waals surface area contributed by atoms with Crippen LogP contribution in [0.4, 0.5) is 0 Å². The third-order valence-corrected chi connectivity index (χ3v) is 2.71. The van der Waals surface area contributed by atoms with Gasteiger partial charge in [-0.1, -0.05) is 0 Å². The average Bonchev–Trinajstić information content (AvgIpc) is 2.28. The molecule has 7 nitrogen and oxygen atoms in total. The number of aliphatic carboxylic acids is 1. The Balaban J connectivity index is 3.92. The van der Waals surface area contributed by atoms with Crippen molar-refractivity contribution < 1.29 is 19.7 Å². The van der Waals surface area contributed by atoms with Crippen LogP contribution < -0.4 is 11.1 Å². The molecule has 0 saturated heterocycles. The summed E-state index contributed by atoms with van der Waals surface area (Å²) in [4.78, 5) is 14.9. The summed E-state index contributed by atoms with van der Waals surface area (Å²) in [6.07, 6.45) is 0. The molecular formula is C9H19N3O4S. The van der Waals surface area contributed by atoms with Gasteiger partial charge in [0.1, 0.15) is 0 Å². The molecule has 8 heteroatoms. The first-order valence-corrected chi connectivity index (χ1v) is 6.15. The van der Waals surface area contributed by atoms with Crippen molar-refractivity contribution in [2.45, 2.75) is 12.6 Å². The molecule has 0 aliphatic rings. The molecule has 0 unspecified atom stereocenters. The first-order valence-electron chi connectivity index (χ1n) is 5.00. The zero-order chi connectivity index (χ0) is 13.3. The van der Waals surface area contributed by atoms with E-state index in [0.29, 0.717) is 18.1 Å². The molecule has 0 aliphatic carbocycles. The van der Waals surface area contributed by atoms with Gasteiger partial charge in [0.2, 0.25) is 5.72 Å². The summed E-state index contributed by atoms with van der Waals surface area (Å²) >= 11 is 1.37. The lowest BCUT2D eigenvalue weighted by Crippen LogP contribution is -2.55. The first-order chi connectivity index (χ1) is 7.98. The topological polar surface area (TPSA) is 117 Å². The summed E-state index contributed by atoms with van der Waals surface area (Å²) < 4.78 is 5.12. The fourth-order valence-corrected chi connectivity index (χ4v) is 1.54. The van der Waals surface area contributed by atoms with Gasteiger partial charge in [-0.05, 0) is 14.0 Å². The second-order valence-electron chi connectivity index (χ2n) is 3.23. The van der Waals surface area contributed by atoms with E-state index in [2.05, 4.69) is 10.3 Å². The summed E-state index contributed by atoms with van der Waals surface area (Å²) in [6.45, 7) is 1.61. The Bertz CT molecular complexity index is 265. The highest BCUT2D eigenvalue weighted by Gasteiger charge is 2.37. The molecule has 1 atom stereocenters. The third-order valence-electron chi connectivity index (χ3n) is 1.96. The van der Waals surface area contributed by atoms with E-state index in [-0.39, 0.29) is 5.94 Å². The largest absolute Gasteiger partial charge is 0.478 e. The number of ether oxygens (including phenoxy) is 1. The van der Waals surface area contributed by atoms with Crippen LogP contribution in [0.2, 0.25) is 0 Å². The highest BCUT2D eigenvalue weighted by Crippen LogP contribution is 2.11.